The lowest BCUT2D eigenvalue weighted by atomic mass is 12.0. The fourth-order valence-electron chi connectivity index (χ4n) is 0. The first-order valence-electron chi connectivity index (χ1n) is 0. The quantitative estimate of drug-likeness (QED) is 0.429. The van der Waals surface area contributed by atoms with E-state index in [9.17, 15) is 0 Å². The lowest BCUT2D eigenvalue weighted by Gasteiger charge is -0.0786. The molecule has 0 N–H and O–H groups in total. The average molecular weight is 104 g/mol. The minimum Gasteiger partial charge on any atom is -0.0776 e. The van der Waals surface area contributed by atoms with Crippen LogP contribution in [0, 0.1) is 0 Å². The van der Waals surface area contributed by atoms with Crippen LogP contribution in [-0.4, -0.2) is 0 Å². The third-order valence-corrected chi connectivity index (χ3v) is 0. The minimum atomic E-state index is 0. The lowest BCUT2D eigenvalue weighted by Crippen LogP contribution is 0.143. The van der Waals surface area contributed by atoms with Crippen LogP contribution in [0.25, 0.3) is 0 Å². The molecular formula is C6H28. The van der Waals surface area contributed by atoms with Gasteiger partial charge in [-0.25, -0.2) is 0 Å². The Hall–Kier alpha value is 0. The molecule has 0 aliphatic heterocycles. The highest BCUT2D eigenvalue weighted by molar-refractivity contribution is 2.51. The molecule has 0 saturated carbocycles. The summed E-state index contributed by atoms with van der Waals surface area (Å²) >= 11 is 0. The molecule has 0 aromatic rings. The van der Waals surface area contributed by atoms with Crippen molar-refractivity contribution in [3.63, 3.8) is 0 Å². The van der Waals surface area contributed by atoms with Gasteiger partial charge in [-0.05, 0) is 0 Å². The zero-order chi connectivity index (χ0) is 0. The summed E-state index contributed by atoms with van der Waals surface area (Å²) in [5.41, 5.74) is 0. The zero-order valence-electron chi connectivity index (χ0n) is 0. The van der Waals surface area contributed by atoms with Gasteiger partial charge in [0.15, 0.2) is 0 Å². The predicted molar refractivity (Wildman–Crippen MR) is 44.6 cm³/mol. The Labute approximate surface area is 48.6 Å². The average Bonchev–Trinajstić information content (AvgIpc) is 0. The van der Waals surface area contributed by atoms with Gasteiger partial charge in [-0.3, -0.25) is 0 Å². The van der Waals surface area contributed by atoms with Gasteiger partial charge >= 0.3 is 0 Å². The van der Waals surface area contributed by atoms with Gasteiger partial charge in [0.25, 0.3) is 0 Å². The first-order chi connectivity index (χ1) is 0. The van der Waals surface area contributed by atoms with E-state index < -0.39 is 0 Å². The summed E-state index contributed by atoms with van der Waals surface area (Å²) in [6, 6.07) is 0. The van der Waals surface area contributed by atoms with E-state index in [1.165, 1.54) is 0 Å². The fourth-order valence-corrected chi connectivity index (χ4v) is 0. The van der Waals surface area contributed by atoms with Crippen molar-refractivity contribution >= 4 is 0 Å². The van der Waals surface area contributed by atoms with Crippen LogP contribution >= 0.6 is 0 Å². The molecule has 0 heterocycles. The van der Waals surface area contributed by atoms with E-state index in [-0.39, 0.29) is 47.4 Å². The Morgan fingerprint density at radius 2 is 0.333 bits per heavy atom. The highest BCUT2D eigenvalue weighted by Crippen LogP contribution is 0.149. The van der Waals surface area contributed by atoms with E-state index in [1.807, 2.05) is 0 Å². The third kappa shape index (κ3) is 0. The summed E-state index contributed by atoms with van der Waals surface area (Å²) in [6.07, 6.45) is 0. The Morgan fingerprint density at radius 1 is 0.333 bits per heavy atom. The molecule has 0 spiro atoms. The summed E-state index contributed by atoms with van der Waals surface area (Å²) in [5, 5.41) is 0. The maximum atomic E-state index is 0. The van der Waals surface area contributed by atoms with E-state index >= 15 is 0 Å². The second-order valence-electron chi connectivity index (χ2n) is 0. The minimum absolute atomic E-state index is 0. The SMILES string of the molecule is C.C.C.C.C.C.[3HH].[3HH]. The molecule has 0 radical (unpaired) electrons. The first-order valence-corrected chi connectivity index (χ1v) is 0. The molecule has 0 atom stereocenters. The number of rotatable bonds is 0. The number of hydrogen-bond acceptors (Lipinski definition) is 0. The van der Waals surface area contributed by atoms with Crippen LogP contribution in [0.3, 0.4) is 0 Å². The van der Waals surface area contributed by atoms with Gasteiger partial charge in [0.2, 0.25) is 0 Å². The highest BCUT2D eigenvalue weighted by atomic mass is 12.0. The summed E-state index contributed by atoms with van der Waals surface area (Å²) in [5.74, 6) is 0. The van der Waals surface area contributed by atoms with Gasteiger partial charge in [-0.15, -0.1) is 0 Å². The molecule has 0 unspecified atom stereocenters. The van der Waals surface area contributed by atoms with Crippen molar-refractivity contribution in [1.29, 1.82) is 0 Å². The molecule has 0 fully saturated rings. The zero-order valence-corrected chi connectivity index (χ0v) is 0. The van der Waals surface area contributed by atoms with Crippen molar-refractivity contribution in [3.05, 3.63) is 0 Å². The summed E-state index contributed by atoms with van der Waals surface area (Å²) in [6.45, 7) is 0. The van der Waals surface area contributed by atoms with Gasteiger partial charge in [0.05, 0.1) is 0 Å². The van der Waals surface area contributed by atoms with Crippen LogP contribution in [0.15, 0.2) is 0 Å². The van der Waals surface area contributed by atoms with Gasteiger partial charge in [0.1, 0.15) is 0 Å². The van der Waals surface area contributed by atoms with Crippen LogP contribution in [-0.2, 0) is 0 Å². The predicted octanol–water partition coefficient (Wildman–Crippen LogP) is 4.31. The fraction of sp³-hybridized carbons (Fsp3) is 1.00. The standard InChI is InChI=1S/6CH4.2H2/h6*1H4;2*1H/i;;;;;;2*1+2. The molecule has 0 aromatic heterocycles. The molecule has 0 nitrogen and oxygen atoms in total. The molecule has 0 heteroatoms. The van der Waals surface area contributed by atoms with Crippen molar-refractivity contribution in [2.75, 3.05) is 0 Å². The maximum Gasteiger partial charge on any atom is 0 e. The van der Waals surface area contributed by atoms with E-state index in [4.69, 9.17) is 0 Å². The van der Waals surface area contributed by atoms with E-state index in [2.05, 4.69) is 0 Å². The molecule has 0 rings (SSSR count). The Kier molecular flexibility index (Phi) is 0. The van der Waals surface area contributed by atoms with Crippen molar-refractivity contribution in [2.45, 2.75) is 44.6 Å². The topological polar surface area (TPSA) is 0 Å². The van der Waals surface area contributed by atoms with Crippen molar-refractivity contribution in [1.82, 2.24) is 0 Å². The third-order valence-electron chi connectivity index (χ3n) is 0. The van der Waals surface area contributed by atoms with Crippen LogP contribution in [0.2, 0.25) is 0 Å². The molecule has 0 aliphatic carbocycles. The normalized spacial score (nSPS) is 0. The van der Waals surface area contributed by atoms with Crippen molar-refractivity contribution < 1.29 is 2.85 Å². The van der Waals surface area contributed by atoms with Gasteiger partial charge < -0.3 is 0 Å². The van der Waals surface area contributed by atoms with Crippen molar-refractivity contribution in [2.24, 2.45) is 0 Å². The smallest absolute Gasteiger partial charge is 0 e. The second kappa shape index (κ2) is 0. The highest BCUT2D eigenvalue weighted by Gasteiger charge is -0.0726. The lowest BCUT2D eigenvalue weighted by molar-refractivity contribution is 2.50. The summed E-state index contributed by atoms with van der Waals surface area (Å²) in [7, 11) is 0. The Balaban J connectivity index is 0. The van der Waals surface area contributed by atoms with Gasteiger partial charge in [0, 0.05) is 2.85 Å². The molecule has 52 valence electrons. The monoisotopic (exact) mass is 104 g/mol. The van der Waals surface area contributed by atoms with Crippen molar-refractivity contribution in [3.8, 4) is 0 Å². The largest absolute Gasteiger partial charge is 0.0776 e. The molecule has 0 amide bonds. The maximum absolute atomic E-state index is 0. The Bertz CT molecular complexity index is 6.49. The molecule has 0 saturated heterocycles. The van der Waals surface area contributed by atoms with Crippen LogP contribution in [0.4, 0.5) is 0 Å². The molecular weight excluding hydrogens is 72.1 g/mol. The van der Waals surface area contributed by atoms with Gasteiger partial charge in [-0.1, -0.05) is 44.6 Å². The van der Waals surface area contributed by atoms with Crippen LogP contribution in [0.1, 0.15) is 47.4 Å². The number of hydrogen-bond donors (Lipinski definition) is 0. The van der Waals surface area contributed by atoms with E-state index in [0.29, 0.717) is 0 Å². The molecule has 0 aliphatic rings. The van der Waals surface area contributed by atoms with Gasteiger partial charge in [-0.2, -0.15) is 0 Å². The van der Waals surface area contributed by atoms with E-state index in [0.717, 1.165) is 0 Å². The second-order valence-corrected chi connectivity index (χ2v) is 0. The molecule has 0 bridgehead atoms. The Morgan fingerprint density at radius 3 is 0.333 bits per heavy atom. The first kappa shape index (κ1) is 0. The summed E-state index contributed by atoms with van der Waals surface area (Å²) < 4.78 is 0. The van der Waals surface area contributed by atoms with E-state index in [1.54, 1.807) is 0 Å². The molecule has 6 heavy (non-hydrogen) atoms. The van der Waals surface area contributed by atoms with Crippen LogP contribution < -0.4 is 0 Å². The summed E-state index contributed by atoms with van der Waals surface area (Å²) in [4.78, 5) is 0. The van der Waals surface area contributed by atoms with Crippen LogP contribution in [0.5, 0.6) is 0 Å². The molecule has 0 aromatic carbocycles.